The average Bonchev–Trinajstić information content (AvgIpc) is 2.39. The zero-order valence-corrected chi connectivity index (χ0v) is 10.9. The van der Waals surface area contributed by atoms with Crippen molar-refractivity contribution in [1.29, 1.82) is 0 Å². The monoisotopic (exact) mass is 258 g/mol. The number of nitro groups is 1. The Kier molecular flexibility index (Phi) is 3.75. The molecule has 98 valence electrons. The number of pyridine rings is 1. The van der Waals surface area contributed by atoms with Gasteiger partial charge in [-0.3, -0.25) is 15.4 Å². The van der Waals surface area contributed by atoms with E-state index in [1.165, 1.54) is 23.4 Å². The number of rotatable bonds is 4. The Morgan fingerprint density at radius 1 is 1.32 bits per heavy atom. The molecule has 0 amide bonds. The third kappa shape index (κ3) is 3.28. The number of aromatic nitrogens is 1. The van der Waals surface area contributed by atoms with Crippen molar-refractivity contribution in [2.24, 2.45) is 0 Å². The van der Waals surface area contributed by atoms with Gasteiger partial charge in [-0.2, -0.15) is 0 Å². The fourth-order valence-electron chi connectivity index (χ4n) is 1.88. The van der Waals surface area contributed by atoms with Gasteiger partial charge in [-0.15, -0.1) is 0 Å². The van der Waals surface area contributed by atoms with Gasteiger partial charge in [-0.1, -0.05) is 29.8 Å². The molecule has 1 heterocycles. The van der Waals surface area contributed by atoms with Gasteiger partial charge in [0.1, 0.15) is 6.04 Å². The Labute approximate surface area is 111 Å². The third-order valence-electron chi connectivity index (χ3n) is 2.92. The van der Waals surface area contributed by atoms with Gasteiger partial charge >= 0.3 is 5.69 Å². The molecule has 0 aliphatic rings. The number of hydrogen-bond donors (Lipinski definition) is 1. The first kappa shape index (κ1) is 13.0. The molecule has 0 saturated carbocycles. The van der Waals surface area contributed by atoms with Crippen LogP contribution in [0.5, 0.6) is 0 Å². The fraction of sp³-hybridized carbons (Fsp3) is 0.214. The molecule has 0 unspecified atom stereocenters. The van der Waals surface area contributed by atoms with Crippen molar-refractivity contribution < 1.29 is 9.91 Å². The average molecular weight is 258 g/mol. The number of aryl methyl sites for hydroxylation is 1. The molecule has 1 aromatic heterocycles. The molecule has 1 aromatic carbocycles. The molecule has 0 saturated heterocycles. The lowest BCUT2D eigenvalue weighted by molar-refractivity contribution is -0.413. The van der Waals surface area contributed by atoms with Crippen molar-refractivity contribution in [3.8, 4) is 0 Å². The molecule has 0 fully saturated rings. The van der Waals surface area contributed by atoms with Crippen LogP contribution in [-0.2, 0) is 0 Å². The van der Waals surface area contributed by atoms with Gasteiger partial charge in [-0.25, -0.2) is 4.98 Å². The van der Waals surface area contributed by atoms with Gasteiger partial charge in [0.05, 0.1) is 4.92 Å². The molecule has 2 aromatic rings. The zero-order valence-electron chi connectivity index (χ0n) is 10.9. The van der Waals surface area contributed by atoms with Gasteiger partial charge in [0.2, 0.25) is 0 Å². The molecular weight excluding hydrogens is 242 g/mol. The Balaban J connectivity index is 2.10. The number of aromatic amines is 1. The van der Waals surface area contributed by atoms with Crippen molar-refractivity contribution in [3.05, 3.63) is 63.8 Å². The molecule has 19 heavy (non-hydrogen) atoms. The minimum atomic E-state index is -0.426. The van der Waals surface area contributed by atoms with Gasteiger partial charge < -0.3 is 0 Å². The summed E-state index contributed by atoms with van der Waals surface area (Å²) in [6.45, 7) is 4.10. The Bertz CT molecular complexity index is 581. The van der Waals surface area contributed by atoms with E-state index in [-0.39, 0.29) is 11.7 Å². The maximum absolute atomic E-state index is 10.6. The smallest absolute Gasteiger partial charge is 0.268 e. The summed E-state index contributed by atoms with van der Waals surface area (Å²) in [4.78, 5) is 13.0. The largest absolute Gasteiger partial charge is 0.308 e. The van der Waals surface area contributed by atoms with E-state index in [0.29, 0.717) is 0 Å². The van der Waals surface area contributed by atoms with E-state index in [9.17, 15) is 10.1 Å². The fourth-order valence-corrected chi connectivity index (χ4v) is 1.88. The number of nitrogens with zero attached hydrogens (tertiary/aromatic N) is 1. The van der Waals surface area contributed by atoms with E-state index in [4.69, 9.17) is 0 Å². The summed E-state index contributed by atoms with van der Waals surface area (Å²) in [5, 5.41) is 13.8. The number of anilines is 1. The van der Waals surface area contributed by atoms with Crippen LogP contribution in [0.25, 0.3) is 0 Å². The van der Waals surface area contributed by atoms with E-state index < -0.39 is 4.92 Å². The van der Waals surface area contributed by atoms with Gasteiger partial charge in [0.15, 0.2) is 6.20 Å². The molecule has 0 bridgehead atoms. The lowest BCUT2D eigenvalue weighted by Gasteiger charge is -2.09. The second kappa shape index (κ2) is 5.48. The van der Waals surface area contributed by atoms with Gasteiger partial charge in [0.25, 0.3) is 5.82 Å². The van der Waals surface area contributed by atoms with Crippen molar-refractivity contribution in [3.63, 3.8) is 0 Å². The molecule has 0 spiro atoms. The van der Waals surface area contributed by atoms with Gasteiger partial charge in [0, 0.05) is 12.1 Å². The standard InChI is InChI=1S/C14H15N3O2/c1-10-4-3-5-12(8-10)11(2)16-14-7-6-13(9-15-14)17(18)19/h3-9,11H,1-2H3,(H,15,16)/p+1/t11-/m1/s1. The van der Waals surface area contributed by atoms with Crippen LogP contribution in [0.4, 0.5) is 11.5 Å². The lowest BCUT2D eigenvalue weighted by atomic mass is 10.1. The van der Waals surface area contributed by atoms with E-state index >= 15 is 0 Å². The molecule has 1 atom stereocenters. The first-order chi connectivity index (χ1) is 9.06. The summed E-state index contributed by atoms with van der Waals surface area (Å²) < 4.78 is 0. The van der Waals surface area contributed by atoms with Crippen LogP contribution in [0.2, 0.25) is 0 Å². The lowest BCUT2D eigenvalue weighted by Crippen LogP contribution is -2.16. The number of H-pyrrole nitrogens is 1. The highest BCUT2D eigenvalue weighted by molar-refractivity contribution is 5.37. The molecule has 5 heteroatoms. The SMILES string of the molecule is Cc1cccc([C@@H](C)Nc2ccc([N+](=O)[O-])c[nH+]2)c1. The van der Waals surface area contributed by atoms with E-state index in [0.717, 1.165) is 5.82 Å². The number of nitrogens with one attached hydrogen (secondary N) is 2. The highest BCUT2D eigenvalue weighted by atomic mass is 16.6. The number of benzene rings is 1. The van der Waals surface area contributed by atoms with E-state index in [2.05, 4.69) is 22.4 Å². The first-order valence-electron chi connectivity index (χ1n) is 6.05. The summed E-state index contributed by atoms with van der Waals surface area (Å²) in [6.07, 6.45) is 1.38. The molecular formula is C14H16N3O2+. The molecule has 0 radical (unpaired) electrons. The highest BCUT2D eigenvalue weighted by Crippen LogP contribution is 2.18. The summed E-state index contributed by atoms with van der Waals surface area (Å²) in [5.74, 6) is 0.750. The molecule has 0 aliphatic heterocycles. The number of hydrogen-bond acceptors (Lipinski definition) is 3. The summed E-state index contributed by atoms with van der Waals surface area (Å²) in [5.41, 5.74) is 2.43. The van der Waals surface area contributed by atoms with Crippen molar-refractivity contribution in [2.45, 2.75) is 19.9 Å². The summed E-state index contributed by atoms with van der Waals surface area (Å²) in [6, 6.07) is 11.5. The van der Waals surface area contributed by atoms with Crippen molar-refractivity contribution in [2.75, 3.05) is 5.32 Å². The van der Waals surface area contributed by atoms with Crippen LogP contribution in [0.1, 0.15) is 24.1 Å². The summed E-state index contributed by atoms with van der Waals surface area (Å²) in [7, 11) is 0. The first-order valence-corrected chi connectivity index (χ1v) is 6.05. The topological polar surface area (TPSA) is 69.3 Å². The third-order valence-corrected chi connectivity index (χ3v) is 2.92. The second-order valence-corrected chi connectivity index (χ2v) is 4.50. The Morgan fingerprint density at radius 2 is 2.11 bits per heavy atom. The van der Waals surface area contributed by atoms with Crippen molar-refractivity contribution >= 4 is 11.5 Å². The highest BCUT2D eigenvalue weighted by Gasteiger charge is 2.13. The normalized spacial score (nSPS) is 11.9. The molecule has 0 aliphatic carbocycles. The van der Waals surface area contributed by atoms with Crippen LogP contribution in [0.15, 0.2) is 42.6 Å². The van der Waals surface area contributed by atoms with Crippen LogP contribution >= 0.6 is 0 Å². The minimum Gasteiger partial charge on any atom is -0.268 e. The maximum atomic E-state index is 10.6. The molecule has 2 N–H and O–H groups in total. The quantitative estimate of drug-likeness (QED) is 0.677. The predicted molar refractivity (Wildman–Crippen MR) is 72.9 cm³/mol. The molecule has 5 nitrogen and oxygen atoms in total. The zero-order chi connectivity index (χ0) is 13.8. The Morgan fingerprint density at radius 3 is 2.68 bits per heavy atom. The Hall–Kier alpha value is -2.43. The summed E-state index contributed by atoms with van der Waals surface area (Å²) >= 11 is 0. The van der Waals surface area contributed by atoms with E-state index in [1.54, 1.807) is 6.07 Å². The van der Waals surface area contributed by atoms with Crippen LogP contribution in [0, 0.1) is 17.0 Å². The van der Waals surface area contributed by atoms with Crippen LogP contribution in [-0.4, -0.2) is 4.92 Å². The molecule has 2 rings (SSSR count). The predicted octanol–water partition coefficient (Wildman–Crippen LogP) is 2.89. The second-order valence-electron chi connectivity index (χ2n) is 4.50. The van der Waals surface area contributed by atoms with E-state index in [1.807, 2.05) is 26.0 Å². The maximum Gasteiger partial charge on any atom is 0.308 e. The van der Waals surface area contributed by atoms with Crippen molar-refractivity contribution in [1.82, 2.24) is 0 Å². The van der Waals surface area contributed by atoms with Crippen LogP contribution in [0.3, 0.4) is 0 Å². The van der Waals surface area contributed by atoms with Crippen LogP contribution < -0.4 is 10.3 Å². The van der Waals surface area contributed by atoms with Gasteiger partial charge in [-0.05, 0) is 19.4 Å². The minimum absolute atomic E-state index is 0.0498.